The normalized spacial score (nSPS) is 12.0. The molecule has 102 valence electrons. The van der Waals surface area contributed by atoms with Crippen molar-refractivity contribution in [2.24, 2.45) is 0 Å². The maximum atomic E-state index is 12.8. The molecule has 0 N–H and O–H groups in total. The Morgan fingerprint density at radius 1 is 1.21 bits per heavy atom. The smallest absolute Gasteiger partial charge is 0.207 e. The van der Waals surface area contributed by atoms with E-state index in [1.807, 2.05) is 12.1 Å². The molecule has 0 unspecified atom stereocenters. The molecule has 0 saturated carbocycles. The molecule has 1 aromatic heterocycles. The number of nitrogens with zero attached hydrogens (tertiary/aromatic N) is 1. The van der Waals surface area contributed by atoms with Crippen molar-refractivity contribution in [3.63, 3.8) is 0 Å². The van der Waals surface area contributed by atoms with Crippen LogP contribution in [-0.2, 0) is 16.6 Å². The van der Waals surface area contributed by atoms with Gasteiger partial charge in [-0.3, -0.25) is 0 Å². The van der Waals surface area contributed by atoms with E-state index < -0.39 is 15.8 Å². The minimum atomic E-state index is -3.59. The molecule has 0 atom stereocenters. The Morgan fingerprint density at radius 3 is 2.37 bits per heavy atom. The Morgan fingerprint density at radius 2 is 1.84 bits per heavy atom. The van der Waals surface area contributed by atoms with Crippen LogP contribution < -0.4 is 0 Å². The summed E-state index contributed by atoms with van der Waals surface area (Å²) in [7, 11) is -2.08. The molecule has 0 bridgehead atoms. The molecule has 0 saturated heterocycles. The van der Waals surface area contributed by atoms with E-state index in [-0.39, 0.29) is 11.4 Å². The molecule has 3 nitrogen and oxygen atoms in total. The number of thiophene rings is 1. The summed E-state index contributed by atoms with van der Waals surface area (Å²) in [5.41, 5.74) is 0. The molecule has 2 aromatic rings. The van der Waals surface area contributed by atoms with Gasteiger partial charge in [0, 0.05) is 18.5 Å². The molecule has 1 heterocycles. The Bertz CT molecular complexity index is 667. The minimum absolute atomic E-state index is 0.0898. The van der Waals surface area contributed by atoms with Crippen LogP contribution in [0.15, 0.2) is 45.1 Å². The lowest BCUT2D eigenvalue weighted by molar-refractivity contribution is 0.469. The molecular formula is C12H11BrFNO2S2. The minimum Gasteiger partial charge on any atom is -0.207 e. The van der Waals surface area contributed by atoms with Crippen LogP contribution in [-0.4, -0.2) is 19.8 Å². The maximum Gasteiger partial charge on any atom is 0.243 e. The summed E-state index contributed by atoms with van der Waals surface area (Å²) in [4.78, 5) is 1.02. The van der Waals surface area contributed by atoms with Crippen molar-refractivity contribution in [2.45, 2.75) is 11.4 Å². The molecule has 0 spiro atoms. The van der Waals surface area contributed by atoms with Crippen LogP contribution in [0.25, 0.3) is 0 Å². The molecule has 19 heavy (non-hydrogen) atoms. The zero-order valence-electron chi connectivity index (χ0n) is 10.0. The van der Waals surface area contributed by atoms with E-state index in [2.05, 4.69) is 15.9 Å². The Balaban J connectivity index is 2.21. The lowest BCUT2D eigenvalue weighted by Gasteiger charge is -2.16. The fourth-order valence-corrected chi connectivity index (χ4v) is 4.30. The van der Waals surface area contributed by atoms with Crippen LogP contribution in [0.5, 0.6) is 0 Å². The van der Waals surface area contributed by atoms with Gasteiger partial charge in [-0.2, -0.15) is 4.31 Å². The molecule has 2 rings (SSSR count). The highest BCUT2D eigenvalue weighted by atomic mass is 79.9. The zero-order chi connectivity index (χ0) is 14.0. The Hall–Kier alpha value is -0.760. The zero-order valence-corrected chi connectivity index (χ0v) is 13.2. The maximum absolute atomic E-state index is 12.8. The van der Waals surface area contributed by atoms with Gasteiger partial charge >= 0.3 is 0 Å². The summed E-state index contributed by atoms with van der Waals surface area (Å²) in [5, 5.41) is 0. The first-order chi connectivity index (χ1) is 8.89. The number of benzene rings is 1. The summed E-state index contributed by atoms with van der Waals surface area (Å²) < 4.78 is 39.5. The largest absolute Gasteiger partial charge is 0.243 e. The van der Waals surface area contributed by atoms with Crippen molar-refractivity contribution >= 4 is 37.3 Å². The predicted molar refractivity (Wildman–Crippen MR) is 77.1 cm³/mol. The SMILES string of the molecule is CN(Cc1ccc(Br)s1)S(=O)(=O)c1ccc(F)cc1. The second-order valence-electron chi connectivity index (χ2n) is 3.92. The van der Waals surface area contributed by atoms with Crippen LogP contribution in [0.3, 0.4) is 0 Å². The van der Waals surface area contributed by atoms with Gasteiger partial charge in [-0.15, -0.1) is 11.3 Å². The first-order valence-corrected chi connectivity index (χ1v) is 8.40. The van der Waals surface area contributed by atoms with Crippen molar-refractivity contribution in [2.75, 3.05) is 7.05 Å². The molecule has 0 aliphatic heterocycles. The molecule has 0 fully saturated rings. The Labute approximate surface area is 123 Å². The highest BCUT2D eigenvalue weighted by molar-refractivity contribution is 9.11. The first-order valence-electron chi connectivity index (χ1n) is 5.36. The monoisotopic (exact) mass is 363 g/mol. The van der Waals surface area contributed by atoms with Gasteiger partial charge in [-0.05, 0) is 52.3 Å². The third kappa shape index (κ3) is 3.42. The van der Waals surface area contributed by atoms with Crippen molar-refractivity contribution in [1.29, 1.82) is 0 Å². The summed E-state index contributed by atoms with van der Waals surface area (Å²) >= 11 is 4.81. The average Bonchev–Trinajstić information content (AvgIpc) is 2.75. The second kappa shape index (κ2) is 5.70. The number of halogens is 2. The standard InChI is InChI=1S/C12H11BrFNO2S2/c1-15(8-10-4-7-12(13)18-10)19(16,17)11-5-2-9(14)3-6-11/h2-7H,8H2,1H3. The van der Waals surface area contributed by atoms with Crippen LogP contribution in [0.4, 0.5) is 4.39 Å². The van der Waals surface area contributed by atoms with Gasteiger partial charge in [0.2, 0.25) is 10.0 Å². The summed E-state index contributed by atoms with van der Waals surface area (Å²) in [6.45, 7) is 0.288. The number of hydrogen-bond acceptors (Lipinski definition) is 3. The van der Waals surface area contributed by atoms with Crippen LogP contribution >= 0.6 is 27.3 Å². The summed E-state index contributed by atoms with van der Waals surface area (Å²) in [5.74, 6) is -0.455. The molecule has 7 heteroatoms. The number of rotatable bonds is 4. The van der Waals surface area contributed by atoms with Gasteiger partial charge in [0.1, 0.15) is 5.82 Å². The van der Waals surface area contributed by atoms with Gasteiger partial charge in [0.15, 0.2) is 0 Å². The summed E-state index contributed by atoms with van der Waals surface area (Å²) in [6, 6.07) is 8.56. The van der Waals surface area contributed by atoms with Crippen LogP contribution in [0.2, 0.25) is 0 Å². The molecule has 1 aromatic carbocycles. The van der Waals surface area contributed by atoms with E-state index in [9.17, 15) is 12.8 Å². The number of sulfonamides is 1. The van der Waals surface area contributed by atoms with Gasteiger partial charge in [-0.1, -0.05) is 0 Å². The van der Waals surface area contributed by atoms with Crippen LogP contribution in [0.1, 0.15) is 4.88 Å². The van der Waals surface area contributed by atoms with Gasteiger partial charge in [0.25, 0.3) is 0 Å². The molecular weight excluding hydrogens is 353 g/mol. The summed E-state index contributed by atoms with van der Waals surface area (Å²) in [6.07, 6.45) is 0. The van der Waals surface area contributed by atoms with E-state index in [0.29, 0.717) is 0 Å². The van der Waals surface area contributed by atoms with Crippen molar-refractivity contribution in [3.8, 4) is 0 Å². The van der Waals surface area contributed by atoms with Crippen molar-refractivity contribution < 1.29 is 12.8 Å². The third-order valence-electron chi connectivity index (χ3n) is 2.53. The molecule has 0 aliphatic carbocycles. The van der Waals surface area contributed by atoms with E-state index >= 15 is 0 Å². The van der Waals surface area contributed by atoms with E-state index in [0.717, 1.165) is 20.8 Å². The van der Waals surface area contributed by atoms with E-state index in [1.54, 1.807) is 0 Å². The fraction of sp³-hybridized carbons (Fsp3) is 0.167. The van der Waals surface area contributed by atoms with Crippen molar-refractivity contribution in [3.05, 3.63) is 50.9 Å². The molecule has 0 aliphatic rings. The Kier molecular flexibility index (Phi) is 4.39. The first kappa shape index (κ1) is 14.6. The van der Waals surface area contributed by atoms with Gasteiger partial charge < -0.3 is 0 Å². The molecule has 0 radical (unpaired) electrons. The number of hydrogen-bond donors (Lipinski definition) is 0. The molecule has 0 amide bonds. The van der Waals surface area contributed by atoms with E-state index in [1.165, 1.54) is 34.8 Å². The lowest BCUT2D eigenvalue weighted by Crippen LogP contribution is -2.26. The van der Waals surface area contributed by atoms with Gasteiger partial charge in [0.05, 0.1) is 8.68 Å². The van der Waals surface area contributed by atoms with Crippen LogP contribution in [0, 0.1) is 5.82 Å². The third-order valence-corrected chi connectivity index (χ3v) is 5.96. The van der Waals surface area contributed by atoms with Crippen molar-refractivity contribution in [1.82, 2.24) is 4.31 Å². The predicted octanol–water partition coefficient (Wildman–Crippen LogP) is 3.47. The quantitative estimate of drug-likeness (QED) is 0.833. The second-order valence-corrected chi connectivity index (χ2v) is 8.51. The average molecular weight is 364 g/mol. The van der Waals surface area contributed by atoms with E-state index in [4.69, 9.17) is 0 Å². The topological polar surface area (TPSA) is 37.4 Å². The fourth-order valence-electron chi connectivity index (χ4n) is 1.53. The highest BCUT2D eigenvalue weighted by Gasteiger charge is 2.21. The highest BCUT2D eigenvalue weighted by Crippen LogP contribution is 2.25. The lowest BCUT2D eigenvalue weighted by atomic mass is 10.4. The van der Waals surface area contributed by atoms with Gasteiger partial charge in [-0.25, -0.2) is 12.8 Å².